The predicted octanol–water partition coefficient (Wildman–Crippen LogP) is 2.83. The second kappa shape index (κ2) is 7.36. The molecule has 0 fully saturated rings. The second-order valence-corrected chi connectivity index (χ2v) is 5.12. The van der Waals surface area contributed by atoms with E-state index in [4.69, 9.17) is 9.68 Å². The molecule has 0 aromatic carbocycles. The molecular weight excluding hydrogens is 234 g/mol. The molecule has 1 N–H and O–H groups in total. The first-order chi connectivity index (χ1) is 8.20. The first-order valence-electron chi connectivity index (χ1n) is 5.89. The Bertz CT molecular complexity index is 347. The van der Waals surface area contributed by atoms with Gasteiger partial charge in [0.25, 0.3) is 5.22 Å². The quantitative estimate of drug-likeness (QED) is 0.570. The van der Waals surface area contributed by atoms with Crippen molar-refractivity contribution in [3.05, 3.63) is 12.5 Å². The van der Waals surface area contributed by atoms with Gasteiger partial charge < -0.3 is 4.42 Å². The van der Waals surface area contributed by atoms with Crippen molar-refractivity contribution in [3.8, 4) is 6.07 Å². The molecule has 5 heteroatoms. The van der Waals surface area contributed by atoms with Crippen molar-refractivity contribution in [2.24, 2.45) is 0 Å². The van der Waals surface area contributed by atoms with E-state index in [1.54, 1.807) is 24.2 Å². The van der Waals surface area contributed by atoms with Crippen molar-refractivity contribution < 1.29 is 4.42 Å². The maximum absolute atomic E-state index is 9.08. The average Bonchev–Trinajstić information content (AvgIpc) is 2.82. The third kappa shape index (κ3) is 5.24. The van der Waals surface area contributed by atoms with E-state index >= 15 is 0 Å². The highest BCUT2D eigenvalue weighted by molar-refractivity contribution is 7.99. The summed E-state index contributed by atoms with van der Waals surface area (Å²) in [5, 5.41) is 13.0. The van der Waals surface area contributed by atoms with Crippen molar-refractivity contribution in [2.45, 2.75) is 43.9 Å². The van der Waals surface area contributed by atoms with E-state index in [0.29, 0.717) is 0 Å². The minimum atomic E-state index is -0.387. The highest BCUT2D eigenvalue weighted by Crippen LogP contribution is 2.19. The number of hydrogen-bond acceptors (Lipinski definition) is 5. The lowest BCUT2D eigenvalue weighted by atomic mass is 9.97. The zero-order valence-corrected chi connectivity index (χ0v) is 11.2. The average molecular weight is 253 g/mol. The Kier molecular flexibility index (Phi) is 6.09. The standard InChI is InChI=1S/C12H19N3OS/c1-3-15-12(2,10-13)6-4-5-9-17-11-14-7-8-16-11/h7-8,15H,3-6,9H2,1-2H3. The Morgan fingerprint density at radius 1 is 1.59 bits per heavy atom. The molecular formula is C12H19N3OS. The molecule has 0 spiro atoms. The number of thioether (sulfide) groups is 1. The minimum Gasteiger partial charge on any atom is -0.440 e. The molecule has 1 aromatic rings. The largest absolute Gasteiger partial charge is 0.440 e. The lowest BCUT2D eigenvalue weighted by molar-refractivity contribution is 0.415. The minimum absolute atomic E-state index is 0.387. The number of oxazole rings is 1. The number of nitriles is 1. The predicted molar refractivity (Wildman–Crippen MR) is 68.8 cm³/mol. The fourth-order valence-electron chi connectivity index (χ4n) is 1.60. The van der Waals surface area contributed by atoms with Crippen molar-refractivity contribution in [1.82, 2.24) is 10.3 Å². The number of rotatable bonds is 8. The number of hydrogen-bond donors (Lipinski definition) is 1. The van der Waals surface area contributed by atoms with E-state index in [1.165, 1.54) is 0 Å². The summed E-state index contributed by atoms with van der Waals surface area (Å²) in [7, 11) is 0. The number of unbranched alkanes of at least 4 members (excludes halogenated alkanes) is 1. The fraction of sp³-hybridized carbons (Fsp3) is 0.667. The van der Waals surface area contributed by atoms with Gasteiger partial charge in [-0.2, -0.15) is 5.26 Å². The summed E-state index contributed by atoms with van der Waals surface area (Å²) < 4.78 is 5.13. The van der Waals surface area contributed by atoms with Crippen LogP contribution in [0.15, 0.2) is 22.1 Å². The Morgan fingerprint density at radius 3 is 3.00 bits per heavy atom. The van der Waals surface area contributed by atoms with Crippen LogP contribution >= 0.6 is 11.8 Å². The van der Waals surface area contributed by atoms with Crippen LogP contribution in [0, 0.1) is 11.3 Å². The second-order valence-electron chi connectivity index (χ2n) is 4.08. The van der Waals surface area contributed by atoms with E-state index in [2.05, 4.69) is 16.4 Å². The Hall–Kier alpha value is -0.990. The van der Waals surface area contributed by atoms with Crippen LogP contribution in [0.3, 0.4) is 0 Å². The monoisotopic (exact) mass is 253 g/mol. The topological polar surface area (TPSA) is 61.9 Å². The zero-order valence-electron chi connectivity index (χ0n) is 10.4. The van der Waals surface area contributed by atoms with Crippen LogP contribution in [0.4, 0.5) is 0 Å². The van der Waals surface area contributed by atoms with Gasteiger partial charge in [-0.15, -0.1) is 0 Å². The van der Waals surface area contributed by atoms with Crippen molar-refractivity contribution >= 4 is 11.8 Å². The van der Waals surface area contributed by atoms with Gasteiger partial charge in [0.05, 0.1) is 12.3 Å². The van der Waals surface area contributed by atoms with Gasteiger partial charge >= 0.3 is 0 Å². The van der Waals surface area contributed by atoms with E-state index < -0.39 is 0 Å². The smallest absolute Gasteiger partial charge is 0.255 e. The molecule has 0 saturated carbocycles. The third-order valence-electron chi connectivity index (χ3n) is 2.52. The van der Waals surface area contributed by atoms with E-state index in [0.717, 1.165) is 36.8 Å². The molecule has 1 atom stereocenters. The molecule has 0 saturated heterocycles. The molecule has 0 amide bonds. The third-order valence-corrected chi connectivity index (χ3v) is 3.46. The molecule has 0 bridgehead atoms. The van der Waals surface area contributed by atoms with Crippen molar-refractivity contribution in [1.29, 1.82) is 5.26 Å². The van der Waals surface area contributed by atoms with Crippen molar-refractivity contribution in [2.75, 3.05) is 12.3 Å². The Balaban J connectivity index is 2.13. The highest BCUT2D eigenvalue weighted by Gasteiger charge is 2.21. The molecule has 0 aliphatic rings. The highest BCUT2D eigenvalue weighted by atomic mass is 32.2. The van der Waals surface area contributed by atoms with Gasteiger partial charge in [0.1, 0.15) is 11.8 Å². The van der Waals surface area contributed by atoms with Crippen LogP contribution < -0.4 is 5.32 Å². The van der Waals surface area contributed by atoms with Gasteiger partial charge in [-0.1, -0.05) is 18.7 Å². The van der Waals surface area contributed by atoms with E-state index in [-0.39, 0.29) is 5.54 Å². The van der Waals surface area contributed by atoms with Crippen LogP contribution in [0.25, 0.3) is 0 Å². The molecule has 17 heavy (non-hydrogen) atoms. The summed E-state index contributed by atoms with van der Waals surface area (Å²) in [4.78, 5) is 4.04. The molecule has 4 nitrogen and oxygen atoms in total. The maximum atomic E-state index is 9.08. The number of nitrogens with zero attached hydrogens (tertiary/aromatic N) is 2. The summed E-state index contributed by atoms with van der Waals surface area (Å²) in [5.41, 5.74) is -0.387. The number of nitrogens with one attached hydrogen (secondary N) is 1. The summed E-state index contributed by atoms with van der Waals surface area (Å²) in [6.45, 7) is 4.81. The molecule has 1 unspecified atom stereocenters. The maximum Gasteiger partial charge on any atom is 0.255 e. The first-order valence-corrected chi connectivity index (χ1v) is 6.87. The molecule has 1 heterocycles. The van der Waals surface area contributed by atoms with Gasteiger partial charge in [0.15, 0.2) is 0 Å². The lowest BCUT2D eigenvalue weighted by Gasteiger charge is -2.22. The van der Waals surface area contributed by atoms with Crippen LogP contribution in [0.5, 0.6) is 0 Å². The molecule has 0 aliphatic carbocycles. The summed E-state index contributed by atoms with van der Waals surface area (Å²) in [6.07, 6.45) is 6.21. The van der Waals surface area contributed by atoms with Crippen LogP contribution in [-0.4, -0.2) is 22.8 Å². The summed E-state index contributed by atoms with van der Waals surface area (Å²) in [5.74, 6) is 0.980. The van der Waals surface area contributed by atoms with Crippen LogP contribution in [0.1, 0.15) is 33.1 Å². The normalized spacial score (nSPS) is 14.2. The van der Waals surface area contributed by atoms with Crippen molar-refractivity contribution in [3.63, 3.8) is 0 Å². The Morgan fingerprint density at radius 2 is 2.41 bits per heavy atom. The SMILES string of the molecule is CCNC(C)(C#N)CCCCSc1ncco1. The molecule has 0 aliphatic heterocycles. The van der Waals surface area contributed by atoms with E-state index in [1.807, 2.05) is 13.8 Å². The van der Waals surface area contributed by atoms with Gasteiger partial charge in [0.2, 0.25) is 0 Å². The van der Waals surface area contributed by atoms with Gasteiger partial charge in [-0.05, 0) is 32.7 Å². The van der Waals surface area contributed by atoms with Crippen LogP contribution in [-0.2, 0) is 0 Å². The Labute approximate surface area is 107 Å². The molecule has 1 rings (SSSR count). The molecule has 0 radical (unpaired) electrons. The van der Waals surface area contributed by atoms with E-state index in [9.17, 15) is 0 Å². The van der Waals surface area contributed by atoms with Gasteiger partial charge in [-0.25, -0.2) is 4.98 Å². The van der Waals surface area contributed by atoms with Gasteiger partial charge in [0, 0.05) is 5.75 Å². The summed E-state index contributed by atoms with van der Waals surface area (Å²) >= 11 is 1.62. The zero-order chi connectivity index (χ0) is 12.6. The molecule has 94 valence electrons. The molecule has 1 aromatic heterocycles. The first kappa shape index (κ1) is 14.1. The summed E-state index contributed by atoms with van der Waals surface area (Å²) in [6, 6.07) is 2.34. The van der Waals surface area contributed by atoms with Gasteiger partial charge in [-0.3, -0.25) is 5.32 Å². The lowest BCUT2D eigenvalue weighted by Crippen LogP contribution is -2.40. The fourth-order valence-corrected chi connectivity index (χ4v) is 2.38. The number of aromatic nitrogens is 1. The van der Waals surface area contributed by atoms with Crippen LogP contribution in [0.2, 0.25) is 0 Å².